The predicted octanol–water partition coefficient (Wildman–Crippen LogP) is 4.69. The molecule has 0 atom stereocenters. The number of halogens is 1. The van der Waals surface area contributed by atoms with Crippen molar-refractivity contribution in [3.8, 4) is 5.75 Å². The van der Waals surface area contributed by atoms with Crippen molar-refractivity contribution < 1.29 is 4.74 Å². The van der Waals surface area contributed by atoms with Crippen LogP contribution in [0.4, 0.5) is 5.69 Å². The lowest BCUT2D eigenvalue weighted by molar-refractivity contribution is 0.414. The highest BCUT2D eigenvalue weighted by Gasteiger charge is 2.05. The van der Waals surface area contributed by atoms with Crippen LogP contribution in [-0.2, 0) is 6.54 Å². The highest BCUT2D eigenvalue weighted by atomic mass is 79.9. The lowest BCUT2D eigenvalue weighted by Crippen LogP contribution is -2.03. The quantitative estimate of drug-likeness (QED) is 0.883. The maximum atomic E-state index is 5.26. The van der Waals surface area contributed by atoms with E-state index < -0.39 is 0 Å². The summed E-state index contributed by atoms with van der Waals surface area (Å²) in [6.07, 6.45) is 0. The number of rotatable bonds is 4. The van der Waals surface area contributed by atoms with E-state index in [0.717, 1.165) is 16.8 Å². The molecule has 3 heteroatoms. The van der Waals surface area contributed by atoms with Crippen molar-refractivity contribution in [2.75, 3.05) is 12.4 Å². The van der Waals surface area contributed by atoms with Crippen LogP contribution < -0.4 is 10.1 Å². The molecule has 100 valence electrons. The molecule has 2 aromatic carbocycles. The second kappa shape index (κ2) is 6.11. The van der Waals surface area contributed by atoms with Crippen LogP contribution in [0.15, 0.2) is 40.9 Å². The average Bonchev–Trinajstić information content (AvgIpc) is 2.40. The molecule has 2 aromatic rings. The van der Waals surface area contributed by atoms with Crippen LogP contribution in [0.25, 0.3) is 0 Å². The molecule has 0 aliphatic rings. The number of hydrogen-bond donors (Lipinski definition) is 1. The van der Waals surface area contributed by atoms with Crippen LogP contribution in [0.2, 0.25) is 0 Å². The molecule has 0 unspecified atom stereocenters. The van der Waals surface area contributed by atoms with Gasteiger partial charge in [0, 0.05) is 16.7 Å². The van der Waals surface area contributed by atoms with Crippen LogP contribution in [0, 0.1) is 13.8 Å². The van der Waals surface area contributed by atoms with Crippen LogP contribution in [-0.4, -0.2) is 7.11 Å². The Kier molecular flexibility index (Phi) is 4.48. The maximum absolute atomic E-state index is 5.26. The molecular weight excluding hydrogens is 302 g/mol. The molecular formula is C16H18BrNO. The van der Waals surface area contributed by atoms with Crippen LogP contribution in [0.1, 0.15) is 16.7 Å². The molecule has 0 heterocycles. The highest BCUT2D eigenvalue weighted by molar-refractivity contribution is 9.10. The fourth-order valence-electron chi connectivity index (χ4n) is 2.09. The second-order valence-corrected chi connectivity index (χ2v) is 5.43. The van der Waals surface area contributed by atoms with E-state index in [9.17, 15) is 0 Å². The molecule has 0 saturated carbocycles. The molecule has 0 saturated heterocycles. The number of para-hydroxylation sites is 1. The van der Waals surface area contributed by atoms with Gasteiger partial charge in [-0.3, -0.25) is 0 Å². The van der Waals surface area contributed by atoms with Gasteiger partial charge >= 0.3 is 0 Å². The maximum Gasteiger partial charge on any atom is 0.119 e. The van der Waals surface area contributed by atoms with Crippen LogP contribution >= 0.6 is 15.9 Å². The molecule has 0 amide bonds. The van der Waals surface area contributed by atoms with E-state index in [1.807, 2.05) is 18.2 Å². The Morgan fingerprint density at radius 2 is 1.79 bits per heavy atom. The summed E-state index contributed by atoms with van der Waals surface area (Å²) in [5.41, 5.74) is 4.91. The Labute approximate surface area is 122 Å². The summed E-state index contributed by atoms with van der Waals surface area (Å²) in [5.74, 6) is 0.876. The van der Waals surface area contributed by atoms with E-state index in [4.69, 9.17) is 4.74 Å². The van der Waals surface area contributed by atoms with E-state index in [0.29, 0.717) is 0 Å². The summed E-state index contributed by atoms with van der Waals surface area (Å²) in [7, 11) is 1.69. The minimum absolute atomic E-state index is 0.767. The van der Waals surface area contributed by atoms with Crippen molar-refractivity contribution in [3.63, 3.8) is 0 Å². The van der Waals surface area contributed by atoms with Gasteiger partial charge in [0.2, 0.25) is 0 Å². The summed E-state index contributed by atoms with van der Waals surface area (Å²) in [4.78, 5) is 0. The number of anilines is 1. The zero-order valence-electron chi connectivity index (χ0n) is 11.5. The van der Waals surface area contributed by atoms with Gasteiger partial charge < -0.3 is 10.1 Å². The number of hydrogen-bond acceptors (Lipinski definition) is 2. The molecule has 1 N–H and O–H groups in total. The van der Waals surface area contributed by atoms with Crippen molar-refractivity contribution in [2.45, 2.75) is 20.4 Å². The van der Waals surface area contributed by atoms with Crippen molar-refractivity contribution >= 4 is 21.6 Å². The first-order valence-electron chi connectivity index (χ1n) is 6.24. The lowest BCUT2D eigenvalue weighted by Gasteiger charge is -2.14. The Morgan fingerprint density at radius 3 is 2.42 bits per heavy atom. The van der Waals surface area contributed by atoms with Gasteiger partial charge in [-0.2, -0.15) is 0 Å². The third kappa shape index (κ3) is 3.29. The zero-order valence-corrected chi connectivity index (χ0v) is 13.0. The predicted molar refractivity (Wildman–Crippen MR) is 83.9 cm³/mol. The van der Waals surface area contributed by atoms with E-state index >= 15 is 0 Å². The van der Waals surface area contributed by atoms with Gasteiger partial charge in [-0.25, -0.2) is 0 Å². The lowest BCUT2D eigenvalue weighted by atomic mass is 10.1. The van der Waals surface area contributed by atoms with Crippen LogP contribution in [0.5, 0.6) is 5.75 Å². The Morgan fingerprint density at radius 1 is 1.11 bits per heavy atom. The van der Waals surface area contributed by atoms with Gasteiger partial charge in [-0.1, -0.05) is 34.1 Å². The Balaban J connectivity index is 2.19. The van der Waals surface area contributed by atoms with E-state index in [1.54, 1.807) is 7.11 Å². The number of aryl methyl sites for hydroxylation is 2. The molecule has 0 fully saturated rings. The third-order valence-electron chi connectivity index (χ3n) is 3.19. The zero-order chi connectivity index (χ0) is 13.8. The first-order valence-corrected chi connectivity index (χ1v) is 7.03. The number of benzene rings is 2. The molecule has 0 aliphatic carbocycles. The van der Waals surface area contributed by atoms with Gasteiger partial charge in [0.05, 0.1) is 7.11 Å². The fraction of sp³-hybridized carbons (Fsp3) is 0.250. The van der Waals surface area contributed by atoms with Gasteiger partial charge in [0.1, 0.15) is 5.75 Å². The molecule has 0 bridgehead atoms. The highest BCUT2D eigenvalue weighted by Crippen LogP contribution is 2.25. The van der Waals surface area contributed by atoms with Crippen molar-refractivity contribution in [1.29, 1.82) is 0 Å². The smallest absolute Gasteiger partial charge is 0.119 e. The first-order chi connectivity index (χ1) is 9.11. The monoisotopic (exact) mass is 319 g/mol. The standard InChI is InChI=1S/C16H18BrNO/c1-11-5-4-6-12(2)16(11)18-10-13-9-14(19-3)7-8-15(13)17/h4-9,18H,10H2,1-3H3. The first kappa shape index (κ1) is 13.9. The van der Waals surface area contributed by atoms with E-state index in [1.165, 1.54) is 22.4 Å². The molecule has 2 rings (SSSR count). The third-order valence-corrected chi connectivity index (χ3v) is 3.96. The average molecular weight is 320 g/mol. The number of ether oxygens (including phenoxy) is 1. The molecule has 2 nitrogen and oxygen atoms in total. The van der Waals surface area contributed by atoms with Crippen LogP contribution in [0.3, 0.4) is 0 Å². The molecule has 0 radical (unpaired) electrons. The topological polar surface area (TPSA) is 21.3 Å². The Bertz CT molecular complexity index is 561. The van der Waals surface area contributed by atoms with Crippen molar-refractivity contribution in [2.24, 2.45) is 0 Å². The summed E-state index contributed by atoms with van der Waals surface area (Å²) in [6, 6.07) is 12.3. The molecule has 0 aromatic heterocycles. The summed E-state index contributed by atoms with van der Waals surface area (Å²) in [5, 5.41) is 3.50. The molecule has 19 heavy (non-hydrogen) atoms. The number of methoxy groups -OCH3 is 1. The minimum atomic E-state index is 0.767. The molecule has 0 aliphatic heterocycles. The second-order valence-electron chi connectivity index (χ2n) is 4.58. The summed E-state index contributed by atoms with van der Waals surface area (Å²) in [6.45, 7) is 5.01. The number of nitrogens with one attached hydrogen (secondary N) is 1. The van der Waals surface area contributed by atoms with E-state index in [-0.39, 0.29) is 0 Å². The largest absolute Gasteiger partial charge is 0.497 e. The normalized spacial score (nSPS) is 10.3. The van der Waals surface area contributed by atoms with Crippen molar-refractivity contribution in [3.05, 3.63) is 57.6 Å². The van der Waals surface area contributed by atoms with Gasteiger partial charge in [-0.15, -0.1) is 0 Å². The van der Waals surface area contributed by atoms with Gasteiger partial charge in [0.25, 0.3) is 0 Å². The van der Waals surface area contributed by atoms with Gasteiger partial charge in [-0.05, 0) is 48.7 Å². The Hall–Kier alpha value is -1.48. The van der Waals surface area contributed by atoms with E-state index in [2.05, 4.69) is 53.3 Å². The molecule has 0 spiro atoms. The summed E-state index contributed by atoms with van der Waals surface area (Å²) < 4.78 is 6.35. The fourth-order valence-corrected chi connectivity index (χ4v) is 2.48. The van der Waals surface area contributed by atoms with Crippen molar-refractivity contribution in [1.82, 2.24) is 0 Å². The minimum Gasteiger partial charge on any atom is -0.497 e. The summed E-state index contributed by atoms with van der Waals surface area (Å²) >= 11 is 3.57. The SMILES string of the molecule is COc1ccc(Br)c(CNc2c(C)cccc2C)c1. The van der Waals surface area contributed by atoms with Gasteiger partial charge in [0.15, 0.2) is 0 Å².